The van der Waals surface area contributed by atoms with Crippen molar-refractivity contribution in [1.29, 1.82) is 0 Å². The van der Waals surface area contributed by atoms with Crippen LogP contribution in [0.25, 0.3) is 17.4 Å². The van der Waals surface area contributed by atoms with Gasteiger partial charge in [0.1, 0.15) is 17.2 Å². The quantitative estimate of drug-likeness (QED) is 0.561. The van der Waals surface area contributed by atoms with E-state index >= 15 is 0 Å². The lowest BCUT2D eigenvalue weighted by Crippen LogP contribution is -2.27. The summed E-state index contributed by atoms with van der Waals surface area (Å²) in [5, 5.41) is 2.57. The minimum Gasteiger partial charge on any atom is -0.464 e. The minimum absolute atomic E-state index is 0.00434. The third-order valence-corrected chi connectivity index (χ3v) is 3.66. The van der Waals surface area contributed by atoms with Crippen LogP contribution >= 0.6 is 0 Å². The summed E-state index contributed by atoms with van der Waals surface area (Å²) < 4.78 is 10.5. The van der Waals surface area contributed by atoms with Gasteiger partial charge in [-0.05, 0) is 24.3 Å². The number of hydrogen-bond donors (Lipinski definition) is 1. The first-order valence-corrected chi connectivity index (χ1v) is 7.99. The zero-order valence-electron chi connectivity index (χ0n) is 14.1. The van der Waals surface area contributed by atoms with E-state index in [4.69, 9.17) is 9.15 Å². The van der Waals surface area contributed by atoms with Gasteiger partial charge in [0.05, 0.1) is 7.11 Å². The van der Waals surface area contributed by atoms with Crippen LogP contribution in [0.3, 0.4) is 0 Å². The molecule has 0 radical (unpaired) electrons. The van der Waals surface area contributed by atoms with Gasteiger partial charge >= 0.3 is 5.97 Å². The molecule has 3 rings (SSSR count). The van der Waals surface area contributed by atoms with Crippen LogP contribution < -0.4 is 5.32 Å². The van der Waals surface area contributed by atoms with E-state index in [1.807, 2.05) is 36.4 Å². The Bertz CT molecular complexity index is 927. The van der Waals surface area contributed by atoms with Gasteiger partial charge in [0.2, 0.25) is 0 Å². The Hall–Kier alpha value is -3.60. The predicted molar refractivity (Wildman–Crippen MR) is 98.0 cm³/mol. The van der Waals surface area contributed by atoms with Crippen LogP contribution in [-0.2, 0) is 9.53 Å². The highest BCUT2D eigenvalue weighted by molar-refractivity contribution is 6.03. The van der Waals surface area contributed by atoms with Gasteiger partial charge in [-0.1, -0.05) is 48.5 Å². The zero-order valence-corrected chi connectivity index (χ0v) is 14.1. The average Bonchev–Trinajstić information content (AvgIpc) is 3.16. The molecule has 1 N–H and O–H groups in total. The summed E-state index contributed by atoms with van der Waals surface area (Å²) in [6, 6.07) is 21.7. The molecule has 0 saturated carbocycles. The van der Waals surface area contributed by atoms with Gasteiger partial charge in [-0.2, -0.15) is 0 Å². The van der Waals surface area contributed by atoms with Crippen molar-refractivity contribution in [3.8, 4) is 11.3 Å². The number of carbonyl (C=O) groups excluding carboxylic acids is 2. The van der Waals surface area contributed by atoms with E-state index in [1.54, 1.807) is 36.4 Å². The van der Waals surface area contributed by atoms with Gasteiger partial charge in [-0.15, -0.1) is 0 Å². The van der Waals surface area contributed by atoms with Crippen LogP contribution in [0.5, 0.6) is 0 Å². The van der Waals surface area contributed by atoms with Gasteiger partial charge in [0.25, 0.3) is 5.91 Å². The number of benzene rings is 2. The number of esters is 1. The van der Waals surface area contributed by atoms with Crippen LogP contribution in [0, 0.1) is 0 Å². The van der Waals surface area contributed by atoms with Gasteiger partial charge in [0.15, 0.2) is 0 Å². The lowest BCUT2D eigenvalue weighted by Gasteiger charge is -2.07. The van der Waals surface area contributed by atoms with E-state index in [9.17, 15) is 9.59 Å². The first kappa shape index (κ1) is 17.2. The van der Waals surface area contributed by atoms with Crippen LogP contribution in [0.4, 0.5) is 0 Å². The Morgan fingerprint density at radius 2 is 1.58 bits per heavy atom. The Kier molecular flexibility index (Phi) is 5.29. The third kappa shape index (κ3) is 4.08. The maximum absolute atomic E-state index is 12.3. The molecule has 0 aliphatic heterocycles. The van der Waals surface area contributed by atoms with Gasteiger partial charge in [0, 0.05) is 17.2 Å². The van der Waals surface area contributed by atoms with Crippen molar-refractivity contribution in [3.63, 3.8) is 0 Å². The topological polar surface area (TPSA) is 68.5 Å². The standard InChI is InChI=1S/C21H17NO4/c1-25-21(24)18(22-20(23)16-10-6-3-7-11-16)14-17-12-13-19(26-17)15-8-4-2-5-9-15/h2-14H,1H3,(H,22,23). The zero-order chi connectivity index (χ0) is 18.4. The second-order valence-corrected chi connectivity index (χ2v) is 5.44. The number of furan rings is 1. The molecule has 0 aliphatic carbocycles. The molecule has 0 fully saturated rings. The fraction of sp³-hybridized carbons (Fsp3) is 0.0476. The summed E-state index contributed by atoms with van der Waals surface area (Å²) in [4.78, 5) is 24.3. The SMILES string of the molecule is COC(=O)C(=Cc1ccc(-c2ccccc2)o1)NC(=O)c1ccccc1. The lowest BCUT2D eigenvalue weighted by atomic mass is 10.2. The number of ether oxygens (including phenoxy) is 1. The van der Waals surface area contributed by atoms with Crippen molar-refractivity contribution in [2.75, 3.05) is 7.11 Å². The molecule has 1 amide bonds. The molecule has 5 nitrogen and oxygen atoms in total. The third-order valence-electron chi connectivity index (χ3n) is 3.66. The van der Waals surface area contributed by atoms with E-state index in [-0.39, 0.29) is 5.70 Å². The van der Waals surface area contributed by atoms with E-state index in [0.717, 1.165) is 5.56 Å². The first-order chi connectivity index (χ1) is 12.7. The maximum Gasteiger partial charge on any atom is 0.354 e. The smallest absolute Gasteiger partial charge is 0.354 e. The number of hydrogen-bond acceptors (Lipinski definition) is 4. The minimum atomic E-state index is -0.660. The second kappa shape index (κ2) is 7.98. The van der Waals surface area contributed by atoms with E-state index in [1.165, 1.54) is 13.2 Å². The summed E-state index contributed by atoms with van der Waals surface area (Å²) in [6.07, 6.45) is 1.44. The van der Waals surface area contributed by atoms with Crippen molar-refractivity contribution >= 4 is 18.0 Å². The van der Waals surface area contributed by atoms with Gasteiger partial charge in [-0.25, -0.2) is 4.79 Å². The molecule has 0 atom stereocenters. The molecule has 1 aromatic heterocycles. The number of methoxy groups -OCH3 is 1. The first-order valence-electron chi connectivity index (χ1n) is 7.99. The molecule has 0 spiro atoms. The van der Waals surface area contributed by atoms with Crippen molar-refractivity contribution in [3.05, 3.63) is 89.8 Å². The Balaban J connectivity index is 1.85. The molecular formula is C21H17NO4. The highest BCUT2D eigenvalue weighted by atomic mass is 16.5. The van der Waals surface area contributed by atoms with Crippen molar-refractivity contribution in [2.45, 2.75) is 0 Å². The fourth-order valence-electron chi connectivity index (χ4n) is 2.37. The molecule has 3 aromatic rings. The molecule has 130 valence electrons. The summed E-state index contributed by atoms with van der Waals surface area (Å²) in [6.45, 7) is 0. The summed E-state index contributed by atoms with van der Waals surface area (Å²) >= 11 is 0. The van der Waals surface area contributed by atoms with Crippen LogP contribution in [-0.4, -0.2) is 19.0 Å². The van der Waals surface area contributed by atoms with Crippen LogP contribution in [0.1, 0.15) is 16.1 Å². The highest BCUT2D eigenvalue weighted by Gasteiger charge is 2.16. The average molecular weight is 347 g/mol. The van der Waals surface area contributed by atoms with Crippen molar-refractivity contribution in [2.24, 2.45) is 0 Å². The molecule has 1 heterocycles. The summed E-state index contributed by atoms with van der Waals surface area (Å²) in [5.74, 6) is 0.0251. The molecule has 0 saturated heterocycles. The van der Waals surface area contributed by atoms with Crippen molar-refractivity contribution in [1.82, 2.24) is 5.32 Å². The number of nitrogens with one attached hydrogen (secondary N) is 1. The summed E-state index contributed by atoms with van der Waals surface area (Å²) in [7, 11) is 1.25. The Morgan fingerprint density at radius 1 is 0.923 bits per heavy atom. The normalized spacial score (nSPS) is 11.0. The number of amides is 1. The van der Waals surface area contributed by atoms with E-state index in [0.29, 0.717) is 17.1 Å². The molecule has 0 aliphatic rings. The van der Waals surface area contributed by atoms with Crippen LogP contribution in [0.15, 0.2) is 82.9 Å². The fourth-order valence-corrected chi connectivity index (χ4v) is 2.37. The highest BCUT2D eigenvalue weighted by Crippen LogP contribution is 2.23. The number of carbonyl (C=O) groups is 2. The lowest BCUT2D eigenvalue weighted by molar-refractivity contribution is -0.136. The van der Waals surface area contributed by atoms with Crippen molar-refractivity contribution < 1.29 is 18.7 Å². The van der Waals surface area contributed by atoms with E-state index in [2.05, 4.69) is 5.32 Å². The second-order valence-electron chi connectivity index (χ2n) is 5.44. The largest absolute Gasteiger partial charge is 0.464 e. The van der Waals surface area contributed by atoms with Gasteiger partial charge < -0.3 is 14.5 Å². The van der Waals surface area contributed by atoms with E-state index < -0.39 is 11.9 Å². The Morgan fingerprint density at radius 3 is 2.23 bits per heavy atom. The molecule has 0 bridgehead atoms. The molecule has 26 heavy (non-hydrogen) atoms. The van der Waals surface area contributed by atoms with Gasteiger partial charge in [-0.3, -0.25) is 4.79 Å². The molecular weight excluding hydrogens is 330 g/mol. The predicted octanol–water partition coefficient (Wildman–Crippen LogP) is 3.89. The molecule has 5 heteroatoms. The monoisotopic (exact) mass is 347 g/mol. The number of rotatable bonds is 5. The maximum atomic E-state index is 12.3. The summed E-state index contributed by atoms with van der Waals surface area (Å²) in [5.41, 5.74) is 1.35. The molecule has 2 aromatic carbocycles. The van der Waals surface area contributed by atoms with Crippen LogP contribution in [0.2, 0.25) is 0 Å². The molecule has 0 unspecified atom stereocenters. The Labute approximate surface area is 150 Å².